The van der Waals surface area contributed by atoms with Gasteiger partial charge in [-0.1, -0.05) is 11.6 Å². The van der Waals surface area contributed by atoms with Gasteiger partial charge in [-0.05, 0) is 43.2 Å². The van der Waals surface area contributed by atoms with Crippen LogP contribution in [0.4, 0.5) is 15.8 Å². The molecule has 0 aromatic heterocycles. The molecule has 5 nitrogen and oxygen atoms in total. The molecule has 0 bridgehead atoms. The minimum absolute atomic E-state index is 0.0186. The van der Waals surface area contributed by atoms with Crippen molar-refractivity contribution in [1.82, 2.24) is 0 Å². The molecule has 0 unspecified atom stereocenters. The topological polar surface area (TPSA) is 58.6 Å². The summed E-state index contributed by atoms with van der Waals surface area (Å²) in [5.41, 5.74) is 0.885. The molecule has 1 aliphatic rings. The molecule has 3 rings (SSSR count). The van der Waals surface area contributed by atoms with Gasteiger partial charge < -0.3 is 9.64 Å². The molecule has 1 N–H and O–H groups in total. The van der Waals surface area contributed by atoms with Gasteiger partial charge in [0, 0.05) is 19.2 Å². The number of sulfonamides is 1. The first-order valence-corrected chi connectivity index (χ1v) is 9.68. The molecule has 2 aromatic carbocycles. The van der Waals surface area contributed by atoms with Crippen molar-refractivity contribution in [2.75, 3.05) is 29.8 Å². The van der Waals surface area contributed by atoms with Crippen molar-refractivity contribution in [2.45, 2.75) is 17.7 Å². The lowest BCUT2D eigenvalue weighted by Gasteiger charge is -2.22. The predicted molar refractivity (Wildman–Crippen MR) is 96.7 cm³/mol. The maximum atomic E-state index is 13.7. The Kier molecular flexibility index (Phi) is 5.06. The number of hydrogen-bond donors (Lipinski definition) is 1. The Balaban J connectivity index is 1.95. The van der Waals surface area contributed by atoms with Gasteiger partial charge in [0.15, 0.2) is 0 Å². The van der Waals surface area contributed by atoms with Crippen LogP contribution in [-0.4, -0.2) is 28.6 Å². The smallest absolute Gasteiger partial charge is 0.262 e. The molecule has 0 saturated carbocycles. The highest BCUT2D eigenvalue weighted by Crippen LogP contribution is 2.33. The summed E-state index contributed by atoms with van der Waals surface area (Å²) in [6.45, 7) is 1.63. The molecule has 0 radical (unpaired) electrons. The van der Waals surface area contributed by atoms with Crippen molar-refractivity contribution < 1.29 is 17.5 Å². The van der Waals surface area contributed by atoms with Gasteiger partial charge in [-0.15, -0.1) is 0 Å². The molecule has 0 spiro atoms. The number of benzene rings is 2. The zero-order chi connectivity index (χ0) is 18.0. The van der Waals surface area contributed by atoms with E-state index >= 15 is 0 Å². The summed E-state index contributed by atoms with van der Waals surface area (Å²) in [7, 11) is -2.47. The van der Waals surface area contributed by atoms with E-state index in [2.05, 4.69) is 4.72 Å². The number of nitrogens with one attached hydrogen (secondary N) is 1. The van der Waals surface area contributed by atoms with Gasteiger partial charge in [0.05, 0.1) is 28.4 Å². The van der Waals surface area contributed by atoms with Crippen LogP contribution in [-0.2, 0) is 10.0 Å². The lowest BCUT2D eigenvalue weighted by atomic mass is 10.2. The average molecular weight is 385 g/mol. The van der Waals surface area contributed by atoms with Crippen LogP contribution < -0.4 is 14.4 Å². The Morgan fingerprint density at radius 3 is 2.52 bits per heavy atom. The van der Waals surface area contributed by atoms with Gasteiger partial charge in [0.25, 0.3) is 10.0 Å². The van der Waals surface area contributed by atoms with E-state index in [0.29, 0.717) is 11.4 Å². The van der Waals surface area contributed by atoms with Gasteiger partial charge in [-0.3, -0.25) is 4.72 Å². The van der Waals surface area contributed by atoms with Gasteiger partial charge in [0.2, 0.25) is 0 Å². The van der Waals surface area contributed by atoms with Crippen LogP contribution in [0.5, 0.6) is 5.75 Å². The zero-order valence-corrected chi connectivity index (χ0v) is 15.2. The number of anilines is 2. The van der Waals surface area contributed by atoms with E-state index in [-0.39, 0.29) is 15.6 Å². The molecular weight excluding hydrogens is 367 g/mol. The maximum absolute atomic E-state index is 13.7. The summed E-state index contributed by atoms with van der Waals surface area (Å²) in [5.74, 6) is -0.127. The minimum Gasteiger partial charge on any atom is -0.495 e. The molecule has 1 heterocycles. The first-order valence-electron chi connectivity index (χ1n) is 7.81. The largest absolute Gasteiger partial charge is 0.495 e. The summed E-state index contributed by atoms with van der Waals surface area (Å²) in [4.78, 5) is 2.02. The van der Waals surface area contributed by atoms with Gasteiger partial charge >= 0.3 is 0 Å². The maximum Gasteiger partial charge on any atom is 0.262 e. The highest BCUT2D eigenvalue weighted by Gasteiger charge is 2.21. The van der Waals surface area contributed by atoms with Crippen LogP contribution in [0.2, 0.25) is 5.02 Å². The Morgan fingerprint density at radius 1 is 1.16 bits per heavy atom. The molecule has 1 saturated heterocycles. The number of nitrogens with zero attached hydrogens (tertiary/aromatic N) is 1. The first-order chi connectivity index (χ1) is 11.9. The van der Waals surface area contributed by atoms with Crippen molar-refractivity contribution in [3.63, 3.8) is 0 Å². The Hall–Kier alpha value is -1.99. The Labute approximate surface area is 151 Å². The van der Waals surface area contributed by atoms with Gasteiger partial charge in [0.1, 0.15) is 11.6 Å². The fourth-order valence-corrected chi connectivity index (χ4v) is 4.26. The Morgan fingerprint density at radius 2 is 1.88 bits per heavy atom. The van der Waals surface area contributed by atoms with E-state index in [1.807, 2.05) is 4.90 Å². The molecule has 25 heavy (non-hydrogen) atoms. The molecule has 1 aliphatic heterocycles. The van der Waals surface area contributed by atoms with Gasteiger partial charge in [-0.2, -0.15) is 0 Å². The van der Waals surface area contributed by atoms with Crippen molar-refractivity contribution in [2.24, 2.45) is 0 Å². The van der Waals surface area contributed by atoms with Crippen LogP contribution in [0.3, 0.4) is 0 Å². The second-order valence-corrected chi connectivity index (χ2v) is 7.85. The van der Waals surface area contributed by atoms with Crippen molar-refractivity contribution in [3.8, 4) is 5.75 Å². The summed E-state index contributed by atoms with van der Waals surface area (Å²) in [6.07, 6.45) is 2.05. The molecular formula is C17H18ClFN2O3S. The third-order valence-corrected chi connectivity index (χ3v) is 5.74. The molecule has 134 valence electrons. The highest BCUT2D eigenvalue weighted by atomic mass is 35.5. The Bertz CT molecular complexity index is 883. The van der Waals surface area contributed by atoms with E-state index in [4.69, 9.17) is 16.3 Å². The standard InChI is InChI=1S/C17H18ClFN2O3S/c1-24-17-7-5-13(11-14(17)18)25(22,23)20-15-10-12(19)4-6-16(15)21-8-2-3-9-21/h4-7,10-11,20H,2-3,8-9H2,1H3. The van der Waals surface area contributed by atoms with Crippen molar-refractivity contribution >= 4 is 33.0 Å². The first kappa shape index (κ1) is 17.8. The predicted octanol–water partition coefficient (Wildman–Crippen LogP) is 3.89. The fourth-order valence-electron chi connectivity index (χ4n) is 2.84. The lowest BCUT2D eigenvalue weighted by Crippen LogP contribution is -2.21. The van der Waals surface area contributed by atoms with E-state index < -0.39 is 15.8 Å². The van der Waals surface area contributed by atoms with Crippen LogP contribution in [0.25, 0.3) is 0 Å². The second kappa shape index (κ2) is 7.09. The van der Waals surface area contributed by atoms with E-state index in [1.165, 1.54) is 37.4 Å². The van der Waals surface area contributed by atoms with Crippen LogP contribution in [0.15, 0.2) is 41.3 Å². The molecule has 0 atom stereocenters. The SMILES string of the molecule is COc1ccc(S(=O)(=O)Nc2cc(F)ccc2N2CCCC2)cc1Cl. The molecule has 8 heteroatoms. The quantitative estimate of drug-likeness (QED) is 0.849. The van der Waals surface area contributed by atoms with Crippen LogP contribution in [0, 0.1) is 5.82 Å². The van der Waals surface area contributed by atoms with E-state index in [1.54, 1.807) is 6.07 Å². The third-order valence-electron chi connectivity index (χ3n) is 4.08. The van der Waals surface area contributed by atoms with Crippen molar-refractivity contribution in [3.05, 3.63) is 47.2 Å². The van der Waals surface area contributed by atoms with E-state index in [0.717, 1.165) is 25.9 Å². The normalized spacial score (nSPS) is 14.6. The monoisotopic (exact) mass is 384 g/mol. The van der Waals surface area contributed by atoms with Crippen LogP contribution >= 0.6 is 11.6 Å². The lowest BCUT2D eigenvalue weighted by molar-refractivity contribution is 0.414. The summed E-state index contributed by atoms with van der Waals surface area (Å²) < 4.78 is 46.6. The molecule has 1 fully saturated rings. The number of halogens is 2. The minimum atomic E-state index is -3.91. The fraction of sp³-hybridized carbons (Fsp3) is 0.294. The molecule has 0 aliphatic carbocycles. The van der Waals surface area contributed by atoms with E-state index in [9.17, 15) is 12.8 Å². The van der Waals surface area contributed by atoms with Crippen molar-refractivity contribution in [1.29, 1.82) is 0 Å². The summed E-state index contributed by atoms with van der Waals surface area (Å²) in [5, 5.41) is 0.185. The zero-order valence-electron chi connectivity index (χ0n) is 13.6. The summed E-state index contributed by atoms with van der Waals surface area (Å²) in [6, 6.07) is 8.29. The number of hydrogen-bond acceptors (Lipinski definition) is 4. The highest BCUT2D eigenvalue weighted by molar-refractivity contribution is 7.92. The van der Waals surface area contributed by atoms with Crippen LogP contribution in [0.1, 0.15) is 12.8 Å². The molecule has 0 amide bonds. The summed E-state index contributed by atoms with van der Waals surface area (Å²) >= 11 is 6.01. The third kappa shape index (κ3) is 3.82. The number of ether oxygens (including phenoxy) is 1. The number of methoxy groups -OCH3 is 1. The molecule has 2 aromatic rings. The number of rotatable bonds is 5. The average Bonchev–Trinajstić information content (AvgIpc) is 3.08. The second-order valence-electron chi connectivity index (χ2n) is 5.76. The van der Waals surface area contributed by atoms with Gasteiger partial charge in [-0.25, -0.2) is 12.8 Å².